The number of aliphatic hydroxyl groups is 1. The third-order valence-electron chi connectivity index (χ3n) is 3.39. The molecule has 0 aliphatic heterocycles. The number of rotatable bonds is 5. The van der Waals surface area contributed by atoms with Gasteiger partial charge in [-0.15, -0.1) is 0 Å². The maximum atomic E-state index is 10.5. The van der Waals surface area contributed by atoms with Crippen LogP contribution in [0.15, 0.2) is 48.6 Å². The second kappa shape index (κ2) is 6.34. The Hall–Kier alpha value is -1.87. The van der Waals surface area contributed by atoms with E-state index in [-0.39, 0.29) is 12.3 Å². The second-order valence-corrected chi connectivity index (χ2v) is 4.78. The van der Waals surface area contributed by atoms with Crippen molar-refractivity contribution in [2.75, 3.05) is 0 Å². The highest BCUT2D eigenvalue weighted by Gasteiger charge is 2.19. The molecule has 100 valence electrons. The van der Waals surface area contributed by atoms with Gasteiger partial charge in [-0.25, -0.2) is 0 Å². The van der Waals surface area contributed by atoms with Gasteiger partial charge in [0.1, 0.15) is 0 Å². The van der Waals surface area contributed by atoms with Crippen molar-refractivity contribution in [2.45, 2.75) is 25.4 Å². The summed E-state index contributed by atoms with van der Waals surface area (Å²) in [6.45, 7) is 0. The third kappa shape index (κ3) is 3.80. The van der Waals surface area contributed by atoms with E-state index in [4.69, 9.17) is 5.11 Å². The number of aliphatic carboxylic acids is 1. The lowest BCUT2D eigenvalue weighted by molar-refractivity contribution is -0.137. The summed E-state index contributed by atoms with van der Waals surface area (Å²) in [5.41, 5.74) is 2.32. The fraction of sp³-hybridized carbons (Fsp3) is 0.312. The van der Waals surface area contributed by atoms with E-state index in [1.54, 1.807) is 0 Å². The lowest BCUT2D eigenvalue weighted by Gasteiger charge is -2.21. The first kappa shape index (κ1) is 13.6. The van der Waals surface area contributed by atoms with E-state index < -0.39 is 12.1 Å². The topological polar surface area (TPSA) is 57.5 Å². The average molecular weight is 258 g/mol. The van der Waals surface area contributed by atoms with Crippen LogP contribution in [0.3, 0.4) is 0 Å². The number of carbonyl (C=O) groups is 1. The molecule has 0 bridgehead atoms. The van der Waals surface area contributed by atoms with Crippen molar-refractivity contribution in [1.29, 1.82) is 0 Å². The minimum atomic E-state index is -0.862. The Balaban J connectivity index is 1.93. The van der Waals surface area contributed by atoms with E-state index in [2.05, 4.69) is 18.2 Å². The van der Waals surface area contributed by atoms with Crippen LogP contribution in [0.2, 0.25) is 0 Å². The molecule has 2 atom stereocenters. The number of hydrogen-bond donors (Lipinski definition) is 2. The zero-order valence-corrected chi connectivity index (χ0v) is 10.7. The molecule has 0 aromatic heterocycles. The molecule has 1 aliphatic rings. The van der Waals surface area contributed by atoms with Crippen molar-refractivity contribution in [2.24, 2.45) is 5.92 Å². The first-order valence-corrected chi connectivity index (χ1v) is 6.50. The minimum absolute atomic E-state index is 0.0146. The molecule has 0 saturated carbocycles. The molecule has 1 aromatic rings. The monoisotopic (exact) mass is 258 g/mol. The highest BCUT2D eigenvalue weighted by Crippen LogP contribution is 2.27. The van der Waals surface area contributed by atoms with Crippen LogP contribution in [0, 0.1) is 5.92 Å². The van der Waals surface area contributed by atoms with E-state index in [9.17, 15) is 9.90 Å². The van der Waals surface area contributed by atoms with Crippen molar-refractivity contribution in [3.05, 3.63) is 54.1 Å². The van der Waals surface area contributed by atoms with Gasteiger partial charge in [0.05, 0.1) is 6.10 Å². The Morgan fingerprint density at radius 1 is 1.32 bits per heavy atom. The summed E-state index contributed by atoms with van der Waals surface area (Å²) in [5.74, 6) is -0.842. The smallest absolute Gasteiger partial charge is 0.303 e. The van der Waals surface area contributed by atoms with Gasteiger partial charge in [-0.2, -0.15) is 0 Å². The maximum absolute atomic E-state index is 10.5. The lowest BCUT2D eigenvalue weighted by atomic mass is 9.88. The van der Waals surface area contributed by atoms with E-state index in [0.29, 0.717) is 6.42 Å². The van der Waals surface area contributed by atoms with Crippen LogP contribution in [0.5, 0.6) is 0 Å². The van der Waals surface area contributed by atoms with E-state index in [0.717, 1.165) is 17.6 Å². The molecule has 2 unspecified atom stereocenters. The van der Waals surface area contributed by atoms with Crippen LogP contribution in [0.4, 0.5) is 0 Å². The summed E-state index contributed by atoms with van der Waals surface area (Å²) >= 11 is 0. The first-order valence-electron chi connectivity index (χ1n) is 6.50. The largest absolute Gasteiger partial charge is 0.481 e. The Morgan fingerprint density at radius 3 is 2.63 bits per heavy atom. The Labute approximate surface area is 112 Å². The van der Waals surface area contributed by atoms with Gasteiger partial charge in [0.2, 0.25) is 0 Å². The van der Waals surface area contributed by atoms with Crippen LogP contribution >= 0.6 is 0 Å². The predicted octanol–water partition coefficient (Wildman–Crippen LogP) is 2.87. The molecular weight excluding hydrogens is 240 g/mol. The quantitative estimate of drug-likeness (QED) is 0.853. The van der Waals surface area contributed by atoms with Crippen molar-refractivity contribution in [3.63, 3.8) is 0 Å². The fourth-order valence-electron chi connectivity index (χ4n) is 2.25. The van der Waals surface area contributed by atoms with Gasteiger partial charge < -0.3 is 10.2 Å². The van der Waals surface area contributed by atoms with E-state index in [1.807, 2.05) is 30.4 Å². The van der Waals surface area contributed by atoms with Crippen LogP contribution < -0.4 is 0 Å². The van der Waals surface area contributed by atoms with Crippen LogP contribution in [0.25, 0.3) is 5.57 Å². The molecule has 2 rings (SSSR count). The number of allylic oxidation sites excluding steroid dienone is 3. The molecule has 19 heavy (non-hydrogen) atoms. The second-order valence-electron chi connectivity index (χ2n) is 4.78. The summed E-state index contributed by atoms with van der Waals surface area (Å²) in [6, 6.07) is 10.1. The molecule has 0 radical (unpaired) electrons. The number of benzene rings is 1. The van der Waals surface area contributed by atoms with Gasteiger partial charge in [0.15, 0.2) is 0 Å². The third-order valence-corrected chi connectivity index (χ3v) is 3.39. The molecule has 0 heterocycles. The van der Waals surface area contributed by atoms with E-state index in [1.165, 1.54) is 0 Å². The molecule has 3 heteroatoms. The summed E-state index contributed by atoms with van der Waals surface area (Å²) < 4.78 is 0. The Bertz CT molecular complexity index is 488. The van der Waals surface area contributed by atoms with Gasteiger partial charge in [-0.3, -0.25) is 4.79 Å². The van der Waals surface area contributed by atoms with Crippen molar-refractivity contribution in [3.8, 4) is 0 Å². The first-order chi connectivity index (χ1) is 9.16. The predicted molar refractivity (Wildman–Crippen MR) is 74.5 cm³/mol. The van der Waals surface area contributed by atoms with Gasteiger partial charge in [0.25, 0.3) is 0 Å². The molecule has 0 spiro atoms. The zero-order chi connectivity index (χ0) is 13.7. The lowest BCUT2D eigenvalue weighted by Crippen LogP contribution is -2.20. The van der Waals surface area contributed by atoms with Gasteiger partial charge in [-0.1, -0.05) is 48.6 Å². The number of hydrogen-bond acceptors (Lipinski definition) is 2. The number of aliphatic hydroxyl groups excluding tert-OH is 1. The molecule has 0 amide bonds. The molecule has 3 nitrogen and oxygen atoms in total. The van der Waals surface area contributed by atoms with E-state index >= 15 is 0 Å². The highest BCUT2D eigenvalue weighted by molar-refractivity contribution is 5.74. The fourth-order valence-corrected chi connectivity index (χ4v) is 2.25. The standard InChI is InChI=1S/C16H18O3/c17-15(10-11-16(18)19)14-8-6-13(7-9-14)12-4-2-1-3-5-12/h1-8,14-15,17H,9-11H2,(H,18,19). The summed E-state index contributed by atoms with van der Waals surface area (Å²) in [7, 11) is 0. The normalized spacial score (nSPS) is 19.8. The van der Waals surface area contributed by atoms with Crippen molar-refractivity contribution < 1.29 is 15.0 Å². The van der Waals surface area contributed by atoms with Gasteiger partial charge in [0, 0.05) is 12.3 Å². The summed E-state index contributed by atoms with van der Waals surface area (Å²) in [6.07, 6.45) is 6.58. The molecule has 1 aliphatic carbocycles. The average Bonchev–Trinajstić information content (AvgIpc) is 2.46. The Morgan fingerprint density at radius 2 is 2.05 bits per heavy atom. The van der Waals surface area contributed by atoms with Crippen molar-refractivity contribution in [1.82, 2.24) is 0 Å². The SMILES string of the molecule is O=C(O)CCC(O)C1C=CC(c2ccccc2)=CC1. The molecular formula is C16H18O3. The number of carboxylic acid groups (broad SMARTS) is 1. The van der Waals surface area contributed by atoms with Crippen LogP contribution in [0.1, 0.15) is 24.8 Å². The Kier molecular flexibility index (Phi) is 4.53. The zero-order valence-electron chi connectivity index (χ0n) is 10.7. The maximum Gasteiger partial charge on any atom is 0.303 e. The van der Waals surface area contributed by atoms with Crippen LogP contribution in [-0.2, 0) is 4.79 Å². The molecule has 1 aromatic carbocycles. The molecule has 0 saturated heterocycles. The van der Waals surface area contributed by atoms with Gasteiger partial charge >= 0.3 is 5.97 Å². The number of carboxylic acids is 1. The van der Waals surface area contributed by atoms with Gasteiger partial charge in [-0.05, 0) is 24.0 Å². The van der Waals surface area contributed by atoms with Crippen molar-refractivity contribution >= 4 is 11.5 Å². The molecule has 0 fully saturated rings. The highest BCUT2D eigenvalue weighted by atomic mass is 16.4. The minimum Gasteiger partial charge on any atom is -0.481 e. The summed E-state index contributed by atoms with van der Waals surface area (Å²) in [5, 5.41) is 18.5. The molecule has 2 N–H and O–H groups in total. The van der Waals surface area contributed by atoms with Crippen LogP contribution in [-0.4, -0.2) is 22.3 Å². The summed E-state index contributed by atoms with van der Waals surface area (Å²) in [4.78, 5) is 10.5.